The van der Waals surface area contributed by atoms with Crippen LogP contribution in [0.3, 0.4) is 0 Å². The molecule has 0 spiro atoms. The fourth-order valence-corrected chi connectivity index (χ4v) is 4.51. The Kier molecular flexibility index (Phi) is 7.09. The van der Waals surface area contributed by atoms with Crippen LogP contribution in [0.2, 0.25) is 0 Å². The molecule has 2 N–H and O–H groups in total. The predicted molar refractivity (Wildman–Crippen MR) is 127 cm³/mol. The molecule has 1 amide bonds. The van der Waals surface area contributed by atoms with Gasteiger partial charge in [0, 0.05) is 29.7 Å². The molecule has 164 valence electrons. The summed E-state index contributed by atoms with van der Waals surface area (Å²) in [5, 5.41) is 8.34. The summed E-state index contributed by atoms with van der Waals surface area (Å²) in [5.41, 5.74) is 3.19. The van der Waals surface area contributed by atoms with E-state index >= 15 is 0 Å². The maximum atomic E-state index is 12.8. The molecule has 0 radical (unpaired) electrons. The number of fused-ring (bicyclic) bond motifs is 1. The van der Waals surface area contributed by atoms with Gasteiger partial charge in [0.2, 0.25) is 0 Å². The summed E-state index contributed by atoms with van der Waals surface area (Å²) in [7, 11) is 0. The van der Waals surface area contributed by atoms with Crippen molar-refractivity contribution in [1.82, 2.24) is 20.0 Å². The van der Waals surface area contributed by atoms with Gasteiger partial charge in [0.05, 0.1) is 12.2 Å². The molecule has 0 aliphatic carbocycles. The van der Waals surface area contributed by atoms with Gasteiger partial charge in [0.25, 0.3) is 5.91 Å². The van der Waals surface area contributed by atoms with E-state index in [1.54, 1.807) is 0 Å². The first kappa shape index (κ1) is 21.9. The van der Waals surface area contributed by atoms with Crippen molar-refractivity contribution in [2.45, 2.75) is 25.8 Å². The molecule has 0 fully saturated rings. The van der Waals surface area contributed by atoms with E-state index < -0.39 is 0 Å². The molecule has 1 atom stereocenters. The second-order valence-corrected chi connectivity index (χ2v) is 8.58. The van der Waals surface area contributed by atoms with E-state index in [2.05, 4.69) is 27.8 Å². The summed E-state index contributed by atoms with van der Waals surface area (Å²) >= 11 is 1.51. The molecule has 2 aromatic heterocycles. The number of hydrogen-bond donors (Lipinski definition) is 2. The van der Waals surface area contributed by atoms with Crippen molar-refractivity contribution in [3.63, 3.8) is 0 Å². The second kappa shape index (κ2) is 10.3. The molecule has 7 heteroatoms. The molecule has 6 nitrogen and oxygen atoms in total. The molecule has 0 bridgehead atoms. The largest absolute Gasteiger partial charge is 0.351 e. The molecule has 2 heterocycles. The van der Waals surface area contributed by atoms with Gasteiger partial charge in [0.1, 0.15) is 5.69 Å². The molecular formula is C25H26N4O2S. The normalized spacial score (nSPS) is 12.0. The van der Waals surface area contributed by atoms with Gasteiger partial charge in [-0.2, -0.15) is 0 Å². The van der Waals surface area contributed by atoms with Gasteiger partial charge in [-0.25, -0.2) is 4.98 Å². The van der Waals surface area contributed by atoms with Crippen LogP contribution in [0.4, 0.5) is 0 Å². The number of imidazole rings is 1. The zero-order chi connectivity index (χ0) is 22.3. The van der Waals surface area contributed by atoms with Crippen molar-refractivity contribution in [2.24, 2.45) is 0 Å². The number of aromatic nitrogens is 2. The monoisotopic (exact) mass is 446 g/mol. The second-order valence-electron chi connectivity index (χ2n) is 7.70. The highest BCUT2D eigenvalue weighted by atomic mass is 32.1. The minimum atomic E-state index is -0.132. The van der Waals surface area contributed by atoms with Crippen molar-refractivity contribution in [1.29, 1.82) is 0 Å². The zero-order valence-electron chi connectivity index (χ0n) is 18.0. The smallest absolute Gasteiger partial charge is 0.270 e. The van der Waals surface area contributed by atoms with Crippen LogP contribution in [0, 0.1) is 6.92 Å². The number of aryl methyl sites for hydroxylation is 1. The summed E-state index contributed by atoms with van der Waals surface area (Å²) in [6.07, 6.45) is 3.34. The number of nitrogens with zero attached hydrogens (tertiary/aromatic N) is 2. The molecule has 0 saturated heterocycles. The van der Waals surface area contributed by atoms with E-state index in [1.165, 1.54) is 16.9 Å². The first-order valence-electron chi connectivity index (χ1n) is 10.7. The highest BCUT2D eigenvalue weighted by Gasteiger charge is 2.18. The molecular weight excluding hydrogens is 420 g/mol. The standard InChI is InChI=1S/C25H26N4O2S/c1-18-23(29-14-15-32-25(29)28-18)24(31)26-13-12-21(16-19-8-4-2-5-9-19)27-17-22(30)20-10-6-3-7-11-20/h2-11,14-15,21,27H,12-13,16-17H2,1H3,(H,26,31). The third-order valence-electron chi connectivity index (χ3n) is 5.40. The fraction of sp³-hybridized carbons (Fsp3) is 0.240. The first-order chi connectivity index (χ1) is 15.6. The zero-order valence-corrected chi connectivity index (χ0v) is 18.8. The molecule has 0 aliphatic rings. The minimum absolute atomic E-state index is 0.0538. The van der Waals surface area contributed by atoms with Crippen LogP contribution in [0.1, 0.15) is 38.5 Å². The number of carbonyl (C=O) groups is 2. The maximum absolute atomic E-state index is 12.8. The highest BCUT2D eigenvalue weighted by molar-refractivity contribution is 7.15. The van der Waals surface area contributed by atoms with E-state index in [0.29, 0.717) is 24.2 Å². The van der Waals surface area contributed by atoms with Gasteiger partial charge >= 0.3 is 0 Å². The van der Waals surface area contributed by atoms with Gasteiger partial charge in [-0.15, -0.1) is 11.3 Å². The number of hydrogen-bond acceptors (Lipinski definition) is 5. The molecule has 4 aromatic rings. The number of amides is 1. The number of nitrogens with one attached hydrogen (secondary N) is 2. The highest BCUT2D eigenvalue weighted by Crippen LogP contribution is 2.16. The van der Waals surface area contributed by atoms with Crippen molar-refractivity contribution < 1.29 is 9.59 Å². The summed E-state index contributed by atoms with van der Waals surface area (Å²) in [4.78, 5) is 30.6. The first-order valence-corrected chi connectivity index (χ1v) is 11.6. The summed E-state index contributed by atoms with van der Waals surface area (Å²) < 4.78 is 1.83. The third-order valence-corrected chi connectivity index (χ3v) is 6.16. The predicted octanol–water partition coefficient (Wildman–Crippen LogP) is 3.91. The number of carbonyl (C=O) groups excluding carboxylic acids is 2. The average Bonchev–Trinajstić information content (AvgIpc) is 3.38. The van der Waals surface area contributed by atoms with Gasteiger partial charge in [-0.05, 0) is 25.3 Å². The van der Waals surface area contributed by atoms with Crippen LogP contribution in [-0.4, -0.2) is 40.2 Å². The Balaban J connectivity index is 1.37. The minimum Gasteiger partial charge on any atom is -0.351 e. The molecule has 32 heavy (non-hydrogen) atoms. The lowest BCUT2D eigenvalue weighted by atomic mass is 10.0. The van der Waals surface area contributed by atoms with Gasteiger partial charge in [0.15, 0.2) is 10.7 Å². The van der Waals surface area contributed by atoms with Gasteiger partial charge in [-0.1, -0.05) is 60.7 Å². The Morgan fingerprint density at radius 2 is 1.78 bits per heavy atom. The van der Waals surface area contributed by atoms with Crippen LogP contribution in [0.15, 0.2) is 72.2 Å². The lowest BCUT2D eigenvalue weighted by Gasteiger charge is -2.19. The molecule has 0 saturated carbocycles. The van der Waals surface area contributed by atoms with Gasteiger partial charge in [-0.3, -0.25) is 14.0 Å². The Morgan fingerprint density at radius 3 is 2.53 bits per heavy atom. The Labute approximate surface area is 191 Å². The van der Waals surface area contributed by atoms with E-state index in [-0.39, 0.29) is 24.3 Å². The third kappa shape index (κ3) is 5.30. The van der Waals surface area contributed by atoms with E-state index in [0.717, 1.165) is 17.1 Å². The molecule has 4 rings (SSSR count). The molecule has 0 aliphatic heterocycles. The van der Waals surface area contributed by atoms with Gasteiger partial charge < -0.3 is 10.6 Å². The van der Waals surface area contributed by atoms with E-state index in [9.17, 15) is 9.59 Å². The Hall–Kier alpha value is -3.29. The number of ketones is 1. The number of thiazole rings is 1. The van der Waals surface area contributed by atoms with Crippen molar-refractivity contribution >= 4 is 28.0 Å². The van der Waals surface area contributed by atoms with Crippen LogP contribution in [0.5, 0.6) is 0 Å². The van der Waals surface area contributed by atoms with Crippen molar-refractivity contribution in [3.05, 3.63) is 94.8 Å². The molecule has 2 aromatic carbocycles. The van der Waals surface area contributed by atoms with Crippen LogP contribution in [-0.2, 0) is 6.42 Å². The molecule has 1 unspecified atom stereocenters. The van der Waals surface area contributed by atoms with Crippen molar-refractivity contribution in [3.8, 4) is 0 Å². The Morgan fingerprint density at radius 1 is 1.06 bits per heavy atom. The number of benzene rings is 2. The fourth-order valence-electron chi connectivity index (χ4n) is 3.75. The van der Waals surface area contributed by atoms with Crippen LogP contribution >= 0.6 is 11.3 Å². The lowest BCUT2D eigenvalue weighted by Crippen LogP contribution is -2.38. The average molecular weight is 447 g/mol. The summed E-state index contributed by atoms with van der Waals surface area (Å²) in [6, 6.07) is 19.5. The van der Waals surface area contributed by atoms with Crippen molar-refractivity contribution in [2.75, 3.05) is 13.1 Å². The number of Topliss-reactive ketones (excluding diaryl/α,β-unsaturated/α-hetero) is 1. The number of rotatable bonds is 10. The SMILES string of the molecule is Cc1nc2sccn2c1C(=O)NCCC(Cc1ccccc1)NCC(=O)c1ccccc1. The van der Waals surface area contributed by atoms with Crippen LogP contribution in [0.25, 0.3) is 4.96 Å². The lowest BCUT2D eigenvalue weighted by molar-refractivity contribution is 0.0941. The van der Waals surface area contributed by atoms with E-state index in [4.69, 9.17) is 0 Å². The quantitative estimate of drug-likeness (QED) is 0.362. The van der Waals surface area contributed by atoms with E-state index in [1.807, 2.05) is 71.4 Å². The summed E-state index contributed by atoms with van der Waals surface area (Å²) in [6.45, 7) is 2.61. The topological polar surface area (TPSA) is 75.5 Å². The maximum Gasteiger partial charge on any atom is 0.270 e. The summed E-state index contributed by atoms with van der Waals surface area (Å²) in [5.74, 6) is -0.0744. The van der Waals surface area contributed by atoms with Crippen LogP contribution < -0.4 is 10.6 Å². The Bertz CT molecular complexity index is 1180.